The molecular weight excluding hydrogens is 987 g/mol. The average molecular weight is 1030 g/mol. The SMILES string of the molecule is c1ccc([Si](c2ccccc2)(c2cccc(-c3nc(-n4c5ccccc5n5c6ccccc6nc45)cc(-n4c5ccccc5n5c6ccccc6nc45)n3)c2)c2cccc(-n3c4ccccc4n4c5ccccc5nc34)c2)cc1. The minimum Gasteiger partial charge on any atom is -0.278 e. The molecule has 0 aliphatic heterocycles. The highest BCUT2D eigenvalue weighted by molar-refractivity contribution is 7.20. The molecule has 0 bridgehead atoms. The van der Waals surface area contributed by atoms with Gasteiger partial charge in [0, 0.05) is 17.3 Å². The summed E-state index contributed by atoms with van der Waals surface area (Å²) < 4.78 is 13.4. The van der Waals surface area contributed by atoms with Crippen molar-refractivity contribution < 1.29 is 0 Å². The molecule has 79 heavy (non-hydrogen) atoms. The van der Waals surface area contributed by atoms with E-state index in [0.29, 0.717) is 17.5 Å². The molecule has 17 aromatic rings. The van der Waals surface area contributed by atoms with Gasteiger partial charge < -0.3 is 0 Å². The lowest BCUT2D eigenvalue weighted by Gasteiger charge is -2.35. The normalized spacial score (nSPS) is 12.3. The van der Waals surface area contributed by atoms with Crippen molar-refractivity contribution in [2.24, 2.45) is 0 Å². The first-order valence-corrected chi connectivity index (χ1v) is 28.5. The first-order chi connectivity index (χ1) is 39.2. The van der Waals surface area contributed by atoms with Crippen molar-refractivity contribution in [3.63, 3.8) is 0 Å². The lowest BCUT2D eigenvalue weighted by atomic mass is 10.2. The molecule has 0 aliphatic rings. The van der Waals surface area contributed by atoms with E-state index in [4.69, 9.17) is 24.9 Å². The second kappa shape index (κ2) is 16.7. The van der Waals surface area contributed by atoms with Gasteiger partial charge in [-0.05, 0) is 106 Å². The van der Waals surface area contributed by atoms with Crippen LogP contribution in [-0.2, 0) is 0 Å². The second-order valence-corrected chi connectivity index (χ2v) is 24.0. The summed E-state index contributed by atoms with van der Waals surface area (Å²) in [7, 11) is -3.22. The number of hydrogen-bond donors (Lipinski definition) is 0. The number of aromatic nitrogens is 11. The van der Waals surface area contributed by atoms with Gasteiger partial charge in [0.2, 0.25) is 17.3 Å². The highest BCUT2D eigenvalue weighted by Crippen LogP contribution is 2.34. The summed E-state index contributed by atoms with van der Waals surface area (Å²) in [5.74, 6) is 4.32. The Kier molecular flexibility index (Phi) is 9.18. The second-order valence-electron chi connectivity index (χ2n) is 20.2. The Balaban J connectivity index is 0.943. The van der Waals surface area contributed by atoms with Crippen molar-refractivity contribution >= 4 is 112 Å². The highest BCUT2D eigenvalue weighted by atomic mass is 28.3. The number of nitrogens with zero attached hydrogens (tertiary/aromatic N) is 11. The molecule has 0 amide bonds. The van der Waals surface area contributed by atoms with E-state index in [1.165, 1.54) is 20.7 Å². The highest BCUT2D eigenvalue weighted by Gasteiger charge is 2.42. The van der Waals surface area contributed by atoms with Crippen molar-refractivity contribution in [1.82, 2.24) is 51.8 Å². The van der Waals surface area contributed by atoms with Crippen LogP contribution < -0.4 is 20.7 Å². The maximum atomic E-state index is 5.66. The van der Waals surface area contributed by atoms with Crippen molar-refractivity contribution in [1.29, 1.82) is 0 Å². The van der Waals surface area contributed by atoms with Gasteiger partial charge in [-0.25, -0.2) is 24.9 Å². The van der Waals surface area contributed by atoms with E-state index >= 15 is 0 Å². The summed E-state index contributed by atoms with van der Waals surface area (Å²) in [5.41, 5.74) is 14.0. The molecule has 0 radical (unpaired) electrons. The van der Waals surface area contributed by atoms with Crippen LogP contribution in [0.1, 0.15) is 0 Å². The predicted molar refractivity (Wildman–Crippen MR) is 320 cm³/mol. The van der Waals surface area contributed by atoms with Gasteiger partial charge in [0.05, 0.1) is 66.2 Å². The molecule has 11 nitrogen and oxygen atoms in total. The fourth-order valence-corrected chi connectivity index (χ4v) is 17.5. The number of para-hydroxylation sites is 12. The molecule has 0 spiro atoms. The number of rotatable bonds is 8. The lowest BCUT2D eigenvalue weighted by molar-refractivity contribution is 0.970. The molecule has 0 saturated heterocycles. The Hall–Kier alpha value is -10.7. The van der Waals surface area contributed by atoms with E-state index in [2.05, 4.69) is 276 Å². The Morgan fingerprint density at radius 3 is 1.08 bits per heavy atom. The van der Waals surface area contributed by atoms with Crippen LogP contribution in [0.25, 0.3) is 112 Å². The first kappa shape index (κ1) is 43.5. The van der Waals surface area contributed by atoms with Gasteiger partial charge in [-0.3, -0.25) is 26.9 Å². The standard InChI is InChI=1S/C67H43N11Si/c1-3-23-46(24-4-1)79(47-25-5-2-6-26-47,49-28-20-22-45(42-49)73-56-35-13-14-36-57(56)74-53-32-10-7-29-50(53)68-65(73)74)48-27-19-21-44(41-48)64-71-62(77-60-39-17-15-37-58(60)75-54-33-11-8-30-51(54)69-66(75)77)43-63(72-64)78-61-40-18-16-38-59(61)76-55-34-12-9-31-52(55)70-67(76)78/h1-43H. The third-order valence-corrected chi connectivity index (χ3v) is 20.7. The summed E-state index contributed by atoms with van der Waals surface area (Å²) in [4.78, 5) is 27.2. The summed E-state index contributed by atoms with van der Waals surface area (Å²) in [6.45, 7) is 0. The number of fused-ring (bicyclic) bond motifs is 15. The van der Waals surface area contributed by atoms with Gasteiger partial charge in [-0.1, -0.05) is 170 Å². The van der Waals surface area contributed by atoms with Gasteiger partial charge in [-0.2, -0.15) is 0 Å². The summed E-state index contributed by atoms with van der Waals surface area (Å²) >= 11 is 0. The molecule has 0 N–H and O–H groups in total. The molecule has 10 aromatic carbocycles. The zero-order valence-electron chi connectivity index (χ0n) is 42.2. The van der Waals surface area contributed by atoms with Gasteiger partial charge in [-0.15, -0.1) is 0 Å². The van der Waals surface area contributed by atoms with Crippen molar-refractivity contribution in [3.8, 4) is 28.7 Å². The van der Waals surface area contributed by atoms with Crippen LogP contribution in [0.15, 0.2) is 261 Å². The molecule has 12 heteroatoms. The van der Waals surface area contributed by atoms with Crippen LogP contribution >= 0.6 is 0 Å². The van der Waals surface area contributed by atoms with Gasteiger partial charge >= 0.3 is 0 Å². The third-order valence-electron chi connectivity index (χ3n) is 16.0. The summed E-state index contributed by atoms with van der Waals surface area (Å²) in [5, 5.41) is 4.91. The van der Waals surface area contributed by atoms with E-state index in [1.54, 1.807) is 0 Å². The van der Waals surface area contributed by atoms with Gasteiger partial charge in [0.25, 0.3) is 0 Å². The first-order valence-electron chi connectivity index (χ1n) is 26.5. The molecule has 7 aromatic heterocycles. The topological polar surface area (TPSA) is 92.5 Å². The van der Waals surface area contributed by atoms with E-state index in [0.717, 1.165) is 94.8 Å². The van der Waals surface area contributed by atoms with E-state index in [-0.39, 0.29) is 0 Å². The third kappa shape index (κ3) is 6.19. The van der Waals surface area contributed by atoms with E-state index < -0.39 is 8.07 Å². The lowest BCUT2D eigenvalue weighted by Crippen LogP contribution is -2.74. The quantitative estimate of drug-likeness (QED) is 0.112. The smallest absolute Gasteiger partial charge is 0.221 e. The fraction of sp³-hybridized carbons (Fsp3) is 0. The Labute approximate surface area is 451 Å². The van der Waals surface area contributed by atoms with Crippen LogP contribution in [0, 0.1) is 0 Å². The molecular formula is C67H43N11Si. The average Bonchev–Trinajstić information content (AvgIpc) is 4.41. The molecule has 0 unspecified atom stereocenters. The van der Waals surface area contributed by atoms with Crippen molar-refractivity contribution in [3.05, 3.63) is 261 Å². The van der Waals surface area contributed by atoms with E-state index in [1.807, 2.05) is 12.1 Å². The molecule has 0 fully saturated rings. The van der Waals surface area contributed by atoms with E-state index in [9.17, 15) is 0 Å². The minimum atomic E-state index is -3.22. The van der Waals surface area contributed by atoms with Gasteiger partial charge in [0.15, 0.2) is 13.9 Å². The Morgan fingerprint density at radius 1 is 0.253 bits per heavy atom. The van der Waals surface area contributed by atoms with Crippen molar-refractivity contribution in [2.45, 2.75) is 0 Å². The van der Waals surface area contributed by atoms with Crippen LogP contribution in [0.2, 0.25) is 0 Å². The number of benzene rings is 10. The predicted octanol–water partition coefficient (Wildman–Crippen LogP) is 11.8. The maximum absolute atomic E-state index is 5.66. The molecule has 0 saturated carbocycles. The summed E-state index contributed by atoms with van der Waals surface area (Å²) in [6, 6.07) is 93.0. The fourth-order valence-electron chi connectivity index (χ4n) is 12.7. The van der Waals surface area contributed by atoms with Crippen molar-refractivity contribution in [2.75, 3.05) is 0 Å². The minimum absolute atomic E-state index is 0.568. The maximum Gasteiger partial charge on any atom is 0.221 e. The molecule has 370 valence electrons. The molecule has 0 atom stereocenters. The van der Waals surface area contributed by atoms with Crippen LogP contribution in [0.4, 0.5) is 0 Å². The summed E-state index contributed by atoms with van der Waals surface area (Å²) in [6.07, 6.45) is 0. The Bertz CT molecular complexity index is 5090. The number of hydrogen-bond acceptors (Lipinski definition) is 5. The molecule has 0 aliphatic carbocycles. The largest absolute Gasteiger partial charge is 0.278 e. The van der Waals surface area contributed by atoms with Crippen LogP contribution in [0.3, 0.4) is 0 Å². The number of imidazole rings is 6. The Morgan fingerprint density at radius 2 is 0.608 bits per heavy atom. The zero-order valence-corrected chi connectivity index (χ0v) is 43.2. The van der Waals surface area contributed by atoms with Crippen LogP contribution in [-0.4, -0.2) is 59.9 Å². The van der Waals surface area contributed by atoms with Gasteiger partial charge in [0.1, 0.15) is 11.6 Å². The zero-order chi connectivity index (χ0) is 51.8. The van der Waals surface area contributed by atoms with Crippen LogP contribution in [0.5, 0.6) is 0 Å². The monoisotopic (exact) mass is 1030 g/mol. The molecule has 7 heterocycles. The molecule has 17 rings (SSSR count).